The van der Waals surface area contributed by atoms with Crippen molar-refractivity contribution in [1.82, 2.24) is 5.32 Å². The summed E-state index contributed by atoms with van der Waals surface area (Å²) in [6.07, 6.45) is 0.806. The summed E-state index contributed by atoms with van der Waals surface area (Å²) >= 11 is 6.12. The molecule has 0 fully saturated rings. The van der Waals surface area contributed by atoms with Gasteiger partial charge in [0.2, 0.25) is 0 Å². The average Bonchev–Trinajstić information content (AvgIpc) is 2.70. The molecule has 0 aliphatic carbocycles. The molecule has 0 heterocycles. The van der Waals surface area contributed by atoms with Crippen LogP contribution in [-0.4, -0.2) is 6.54 Å². The van der Waals surface area contributed by atoms with Crippen molar-refractivity contribution in [3.8, 4) is 11.5 Å². The first kappa shape index (κ1) is 19.8. The molecular weight excluding hydrogens is 366 g/mol. The lowest BCUT2D eigenvalue weighted by Crippen LogP contribution is -2.13. The van der Waals surface area contributed by atoms with Gasteiger partial charge in [-0.05, 0) is 66.4 Å². The summed E-state index contributed by atoms with van der Waals surface area (Å²) in [5.41, 5.74) is 5.20. The SMILES string of the molecule is C=C(NCCC(=C)c1cc(Cl)ccc1C)c1cccc(Oc2ccccc2)c1. The predicted octanol–water partition coefficient (Wildman–Crippen LogP) is 7.10. The van der Waals surface area contributed by atoms with E-state index in [1.54, 1.807) is 0 Å². The molecule has 3 aromatic carbocycles. The second-order valence-corrected chi connectivity index (χ2v) is 7.10. The highest BCUT2D eigenvalue weighted by molar-refractivity contribution is 6.30. The summed E-state index contributed by atoms with van der Waals surface area (Å²) in [6.45, 7) is 11.2. The van der Waals surface area contributed by atoms with Gasteiger partial charge in [0.15, 0.2) is 0 Å². The number of halogens is 1. The van der Waals surface area contributed by atoms with Crippen LogP contribution < -0.4 is 10.1 Å². The van der Waals surface area contributed by atoms with Crippen LogP contribution in [0.2, 0.25) is 5.02 Å². The van der Waals surface area contributed by atoms with E-state index in [2.05, 4.69) is 25.4 Å². The summed E-state index contributed by atoms with van der Waals surface area (Å²) in [7, 11) is 0. The molecule has 3 rings (SSSR count). The number of hydrogen-bond donors (Lipinski definition) is 1. The minimum absolute atomic E-state index is 0.731. The smallest absolute Gasteiger partial charge is 0.128 e. The van der Waals surface area contributed by atoms with E-state index in [4.69, 9.17) is 16.3 Å². The van der Waals surface area contributed by atoms with E-state index in [-0.39, 0.29) is 0 Å². The third kappa shape index (κ3) is 5.28. The van der Waals surface area contributed by atoms with Crippen LogP contribution >= 0.6 is 11.6 Å². The summed E-state index contributed by atoms with van der Waals surface area (Å²) in [5, 5.41) is 4.11. The molecule has 0 unspecified atom stereocenters. The van der Waals surface area contributed by atoms with Crippen molar-refractivity contribution in [3.05, 3.63) is 108 Å². The molecule has 0 saturated carbocycles. The minimum atomic E-state index is 0.731. The quantitative estimate of drug-likeness (QED) is 0.443. The molecule has 0 bridgehead atoms. The Morgan fingerprint density at radius 2 is 1.68 bits per heavy atom. The van der Waals surface area contributed by atoms with E-state index in [1.165, 1.54) is 5.56 Å². The zero-order valence-electron chi connectivity index (χ0n) is 16.0. The molecule has 0 aliphatic heterocycles. The van der Waals surface area contributed by atoms with Crippen molar-refractivity contribution < 1.29 is 4.74 Å². The zero-order chi connectivity index (χ0) is 19.9. The average molecular weight is 390 g/mol. The maximum Gasteiger partial charge on any atom is 0.128 e. The molecule has 1 N–H and O–H groups in total. The fraction of sp³-hybridized carbons (Fsp3) is 0.120. The first-order valence-corrected chi connectivity index (χ1v) is 9.61. The molecule has 0 amide bonds. The molecule has 28 heavy (non-hydrogen) atoms. The first-order chi connectivity index (χ1) is 13.5. The van der Waals surface area contributed by atoms with E-state index in [0.717, 1.165) is 51.9 Å². The molecular formula is C25H24ClNO. The Morgan fingerprint density at radius 1 is 0.929 bits per heavy atom. The van der Waals surface area contributed by atoms with Crippen LogP contribution in [0.25, 0.3) is 11.3 Å². The molecule has 2 nitrogen and oxygen atoms in total. The van der Waals surface area contributed by atoms with E-state index < -0.39 is 0 Å². The third-order valence-corrected chi connectivity index (χ3v) is 4.74. The summed E-state index contributed by atoms with van der Waals surface area (Å²) in [5.74, 6) is 1.59. The maximum atomic E-state index is 6.12. The van der Waals surface area contributed by atoms with Crippen molar-refractivity contribution >= 4 is 22.9 Å². The zero-order valence-corrected chi connectivity index (χ0v) is 16.8. The van der Waals surface area contributed by atoms with Gasteiger partial charge in [-0.2, -0.15) is 0 Å². The van der Waals surface area contributed by atoms with Crippen molar-refractivity contribution in [2.24, 2.45) is 0 Å². The second-order valence-electron chi connectivity index (χ2n) is 6.66. The molecule has 0 aliphatic rings. The second kappa shape index (κ2) is 9.29. The van der Waals surface area contributed by atoms with E-state index >= 15 is 0 Å². The highest BCUT2D eigenvalue weighted by Crippen LogP contribution is 2.25. The van der Waals surface area contributed by atoms with Gasteiger partial charge in [-0.1, -0.05) is 61.2 Å². The van der Waals surface area contributed by atoms with Gasteiger partial charge in [0.05, 0.1) is 0 Å². The molecule has 3 aromatic rings. The Bertz CT molecular complexity index is 979. The lowest BCUT2D eigenvalue weighted by Gasteiger charge is -2.14. The van der Waals surface area contributed by atoms with Crippen molar-refractivity contribution in [3.63, 3.8) is 0 Å². The van der Waals surface area contributed by atoms with Crippen LogP contribution in [0.4, 0.5) is 0 Å². The number of hydrogen-bond acceptors (Lipinski definition) is 2. The summed E-state index contributed by atoms with van der Waals surface area (Å²) in [4.78, 5) is 0. The maximum absolute atomic E-state index is 6.12. The van der Waals surface area contributed by atoms with Gasteiger partial charge in [0.25, 0.3) is 0 Å². The topological polar surface area (TPSA) is 21.3 Å². The van der Waals surface area contributed by atoms with Crippen molar-refractivity contribution in [2.45, 2.75) is 13.3 Å². The van der Waals surface area contributed by atoms with Crippen LogP contribution in [0.1, 0.15) is 23.1 Å². The molecule has 0 aromatic heterocycles. The van der Waals surface area contributed by atoms with Crippen LogP contribution in [0, 0.1) is 6.92 Å². The van der Waals surface area contributed by atoms with Gasteiger partial charge in [0.1, 0.15) is 11.5 Å². The number of ether oxygens (including phenoxy) is 1. The Balaban J connectivity index is 1.57. The molecule has 142 valence electrons. The molecule has 0 radical (unpaired) electrons. The van der Waals surface area contributed by atoms with Crippen LogP contribution in [0.3, 0.4) is 0 Å². The largest absolute Gasteiger partial charge is 0.457 e. The summed E-state index contributed by atoms with van der Waals surface area (Å²) in [6, 6.07) is 23.5. The fourth-order valence-electron chi connectivity index (χ4n) is 2.95. The number of rotatable bonds is 8. The van der Waals surface area contributed by atoms with Crippen LogP contribution in [0.15, 0.2) is 86.0 Å². The van der Waals surface area contributed by atoms with Gasteiger partial charge in [-0.3, -0.25) is 0 Å². The number of para-hydroxylation sites is 1. The fourth-order valence-corrected chi connectivity index (χ4v) is 3.12. The van der Waals surface area contributed by atoms with Crippen LogP contribution in [-0.2, 0) is 0 Å². The summed E-state index contributed by atoms with van der Waals surface area (Å²) < 4.78 is 5.90. The Kier molecular flexibility index (Phi) is 6.57. The minimum Gasteiger partial charge on any atom is -0.457 e. The van der Waals surface area contributed by atoms with Crippen molar-refractivity contribution in [2.75, 3.05) is 6.54 Å². The monoisotopic (exact) mass is 389 g/mol. The van der Waals surface area contributed by atoms with Crippen molar-refractivity contribution in [1.29, 1.82) is 0 Å². The molecule has 0 atom stereocenters. The lowest BCUT2D eigenvalue weighted by atomic mass is 9.99. The van der Waals surface area contributed by atoms with Gasteiger partial charge >= 0.3 is 0 Å². The first-order valence-electron chi connectivity index (χ1n) is 9.23. The third-order valence-electron chi connectivity index (χ3n) is 4.51. The number of aryl methyl sites for hydroxylation is 1. The van der Waals surface area contributed by atoms with E-state index in [0.29, 0.717) is 0 Å². The molecule has 3 heteroatoms. The standard InChI is InChI=1S/C25H24ClNO/c1-18-12-13-22(26)17-25(18)19(2)14-15-27-20(3)21-8-7-11-24(16-21)28-23-9-5-4-6-10-23/h4-13,16-17,27H,2-3,14-15H2,1H3. The number of nitrogens with one attached hydrogen (secondary N) is 1. The van der Waals surface area contributed by atoms with Gasteiger partial charge < -0.3 is 10.1 Å². The molecule has 0 spiro atoms. The predicted molar refractivity (Wildman–Crippen MR) is 120 cm³/mol. The van der Waals surface area contributed by atoms with E-state index in [9.17, 15) is 0 Å². The highest BCUT2D eigenvalue weighted by atomic mass is 35.5. The van der Waals surface area contributed by atoms with Gasteiger partial charge in [-0.25, -0.2) is 0 Å². The Labute approximate surface area is 172 Å². The Morgan fingerprint density at radius 3 is 2.46 bits per heavy atom. The Hall–Kier alpha value is -2.97. The molecule has 0 saturated heterocycles. The normalized spacial score (nSPS) is 10.4. The van der Waals surface area contributed by atoms with Gasteiger partial charge in [-0.15, -0.1) is 0 Å². The van der Waals surface area contributed by atoms with Crippen LogP contribution in [0.5, 0.6) is 11.5 Å². The van der Waals surface area contributed by atoms with Gasteiger partial charge in [0, 0.05) is 22.8 Å². The lowest BCUT2D eigenvalue weighted by molar-refractivity contribution is 0.482. The van der Waals surface area contributed by atoms with E-state index in [1.807, 2.05) is 72.8 Å². The highest BCUT2D eigenvalue weighted by Gasteiger charge is 2.06. The number of benzene rings is 3.